The van der Waals surface area contributed by atoms with E-state index in [1.807, 2.05) is 32.9 Å². The Morgan fingerprint density at radius 2 is 1.95 bits per heavy atom. The van der Waals surface area contributed by atoms with Crippen molar-refractivity contribution in [1.29, 1.82) is 0 Å². The van der Waals surface area contributed by atoms with Gasteiger partial charge in [0, 0.05) is 10.6 Å². The van der Waals surface area contributed by atoms with Gasteiger partial charge in [-0.25, -0.2) is 9.19 Å². The van der Waals surface area contributed by atoms with Crippen LogP contribution in [-0.2, 0) is 11.0 Å². The quantitative estimate of drug-likeness (QED) is 0.808. The van der Waals surface area contributed by atoms with Crippen LogP contribution in [0.2, 0.25) is 5.02 Å². The number of rotatable bonds is 3. The van der Waals surface area contributed by atoms with Crippen LogP contribution in [0.15, 0.2) is 39.3 Å². The van der Waals surface area contributed by atoms with Gasteiger partial charge in [-0.3, -0.25) is 0 Å². The second-order valence-corrected chi connectivity index (χ2v) is 7.54. The van der Waals surface area contributed by atoms with Crippen LogP contribution in [0.4, 0.5) is 0 Å². The minimum absolute atomic E-state index is 0.393. The molecule has 0 aliphatic carbocycles. The fourth-order valence-corrected chi connectivity index (χ4v) is 1.97. The Morgan fingerprint density at radius 1 is 1.30 bits per heavy atom. The van der Waals surface area contributed by atoms with Gasteiger partial charge in [-0.1, -0.05) is 11.6 Å². The van der Waals surface area contributed by atoms with Crippen LogP contribution in [0.25, 0.3) is 11.5 Å². The summed E-state index contributed by atoms with van der Waals surface area (Å²) in [5.41, 5.74) is 0.825. The van der Waals surface area contributed by atoms with E-state index >= 15 is 0 Å². The van der Waals surface area contributed by atoms with E-state index in [-0.39, 0.29) is 0 Å². The van der Waals surface area contributed by atoms with Crippen LogP contribution in [0, 0.1) is 0 Å². The molecule has 2 rings (SSSR count). The Bertz CT molecular complexity index is 642. The zero-order valence-electron chi connectivity index (χ0n) is 11.5. The second kappa shape index (κ2) is 5.89. The van der Waals surface area contributed by atoms with E-state index in [2.05, 4.69) is 9.38 Å². The van der Waals surface area contributed by atoms with Gasteiger partial charge < -0.3 is 4.42 Å². The van der Waals surface area contributed by atoms with Gasteiger partial charge in [0.15, 0.2) is 5.76 Å². The highest BCUT2D eigenvalue weighted by Gasteiger charge is 2.18. The first-order chi connectivity index (χ1) is 9.36. The lowest BCUT2D eigenvalue weighted by Gasteiger charge is -2.12. The Kier molecular flexibility index (Phi) is 4.40. The SMILES string of the molecule is CC(C)(C)S(=O)/N=C\c1cnc(-c2ccc(Cl)cc2)o1. The number of aromatic nitrogens is 1. The number of halogens is 1. The summed E-state index contributed by atoms with van der Waals surface area (Å²) in [6.07, 6.45) is 2.99. The molecule has 20 heavy (non-hydrogen) atoms. The first-order valence-corrected chi connectivity index (χ1v) is 7.52. The van der Waals surface area contributed by atoms with Gasteiger partial charge >= 0.3 is 0 Å². The summed E-state index contributed by atoms with van der Waals surface area (Å²) in [5.74, 6) is 0.942. The molecule has 0 aliphatic heterocycles. The van der Waals surface area contributed by atoms with Gasteiger partial charge in [0.2, 0.25) is 5.89 Å². The molecule has 2 aromatic rings. The van der Waals surface area contributed by atoms with E-state index < -0.39 is 15.7 Å². The summed E-state index contributed by atoms with van der Waals surface area (Å²) in [6, 6.07) is 7.18. The first kappa shape index (κ1) is 14.9. The number of hydrogen-bond acceptors (Lipinski definition) is 3. The standard InChI is InChI=1S/C14H15ClN2O2S/c1-14(2,3)20(18)17-9-12-8-16-13(19-12)10-4-6-11(15)7-5-10/h4-9H,1-3H3/b17-9-. The number of nitrogens with zero attached hydrogens (tertiary/aromatic N) is 2. The summed E-state index contributed by atoms with van der Waals surface area (Å²) in [6.45, 7) is 5.58. The summed E-state index contributed by atoms with van der Waals surface area (Å²) >= 11 is 5.83. The van der Waals surface area contributed by atoms with Gasteiger partial charge in [-0.15, -0.1) is 0 Å². The van der Waals surface area contributed by atoms with Gasteiger partial charge in [-0.2, -0.15) is 4.40 Å². The zero-order valence-corrected chi connectivity index (χ0v) is 13.0. The predicted octanol–water partition coefficient (Wildman–Crippen LogP) is 3.88. The maximum atomic E-state index is 11.8. The molecule has 1 atom stereocenters. The predicted molar refractivity (Wildman–Crippen MR) is 82.4 cm³/mol. The van der Waals surface area contributed by atoms with Crippen LogP contribution < -0.4 is 0 Å². The lowest BCUT2D eigenvalue weighted by molar-refractivity contribution is 0.568. The number of benzene rings is 1. The Hall–Kier alpha value is -1.46. The Labute approximate surface area is 125 Å². The zero-order chi connectivity index (χ0) is 14.8. The van der Waals surface area contributed by atoms with Gasteiger partial charge in [0.05, 0.1) is 17.2 Å². The van der Waals surface area contributed by atoms with E-state index in [0.717, 1.165) is 5.56 Å². The average Bonchev–Trinajstić information content (AvgIpc) is 2.84. The fourth-order valence-electron chi connectivity index (χ4n) is 1.33. The van der Waals surface area contributed by atoms with E-state index in [4.69, 9.17) is 16.0 Å². The molecule has 0 aliphatic rings. The largest absolute Gasteiger partial charge is 0.435 e. The van der Waals surface area contributed by atoms with Crippen LogP contribution in [0.5, 0.6) is 0 Å². The third kappa shape index (κ3) is 3.77. The molecule has 0 amide bonds. The summed E-state index contributed by atoms with van der Waals surface area (Å²) in [7, 11) is -1.31. The highest BCUT2D eigenvalue weighted by Crippen LogP contribution is 2.21. The normalized spacial score (nSPS) is 13.8. The molecule has 0 spiro atoms. The Morgan fingerprint density at radius 3 is 2.55 bits per heavy atom. The van der Waals surface area contributed by atoms with Crippen LogP contribution >= 0.6 is 11.6 Å². The van der Waals surface area contributed by atoms with Crippen molar-refractivity contribution in [1.82, 2.24) is 4.98 Å². The highest BCUT2D eigenvalue weighted by atomic mass is 35.5. The molecule has 106 valence electrons. The molecule has 0 saturated heterocycles. The fraction of sp³-hybridized carbons (Fsp3) is 0.286. The van der Waals surface area contributed by atoms with Crippen molar-refractivity contribution >= 4 is 28.8 Å². The van der Waals surface area contributed by atoms with Crippen molar-refractivity contribution in [3.05, 3.63) is 41.2 Å². The maximum absolute atomic E-state index is 11.8. The van der Waals surface area contributed by atoms with Gasteiger partial charge in [-0.05, 0) is 45.0 Å². The molecule has 0 N–H and O–H groups in total. The molecule has 4 nitrogen and oxygen atoms in total. The summed E-state index contributed by atoms with van der Waals surface area (Å²) in [4.78, 5) is 4.16. The van der Waals surface area contributed by atoms with E-state index in [1.165, 1.54) is 6.21 Å². The molecule has 0 radical (unpaired) electrons. The monoisotopic (exact) mass is 310 g/mol. The summed E-state index contributed by atoms with van der Waals surface area (Å²) in [5, 5.41) is 0.655. The molecular formula is C14H15ClN2O2S. The summed E-state index contributed by atoms with van der Waals surface area (Å²) < 4.78 is 20.9. The molecule has 0 fully saturated rings. The maximum Gasteiger partial charge on any atom is 0.226 e. The lowest BCUT2D eigenvalue weighted by Crippen LogP contribution is -2.19. The number of hydrogen-bond donors (Lipinski definition) is 0. The van der Waals surface area contributed by atoms with Crippen molar-refractivity contribution in [2.75, 3.05) is 0 Å². The molecule has 0 saturated carbocycles. The van der Waals surface area contributed by atoms with Crippen molar-refractivity contribution < 1.29 is 8.63 Å². The first-order valence-electron chi connectivity index (χ1n) is 6.04. The van der Waals surface area contributed by atoms with Crippen LogP contribution in [0.3, 0.4) is 0 Å². The Balaban J connectivity index is 2.15. The van der Waals surface area contributed by atoms with Crippen molar-refractivity contribution in [3.8, 4) is 11.5 Å². The molecular weight excluding hydrogens is 296 g/mol. The highest BCUT2D eigenvalue weighted by molar-refractivity contribution is 7.85. The topological polar surface area (TPSA) is 55.5 Å². The van der Waals surface area contributed by atoms with E-state index in [1.54, 1.807) is 18.3 Å². The molecule has 1 heterocycles. The van der Waals surface area contributed by atoms with Crippen molar-refractivity contribution in [3.63, 3.8) is 0 Å². The third-order valence-corrected chi connectivity index (χ3v) is 4.01. The van der Waals surface area contributed by atoms with Crippen molar-refractivity contribution in [2.24, 2.45) is 4.40 Å². The molecule has 6 heteroatoms. The average molecular weight is 311 g/mol. The molecule has 1 aromatic heterocycles. The lowest BCUT2D eigenvalue weighted by atomic mass is 10.2. The number of oxazole rings is 1. The third-order valence-electron chi connectivity index (χ3n) is 2.41. The smallest absolute Gasteiger partial charge is 0.226 e. The second-order valence-electron chi connectivity index (χ2n) is 5.17. The minimum atomic E-state index is -1.31. The van der Waals surface area contributed by atoms with Crippen LogP contribution in [0.1, 0.15) is 26.5 Å². The molecule has 1 aromatic carbocycles. The molecule has 1 unspecified atom stereocenters. The van der Waals surface area contributed by atoms with Gasteiger partial charge in [0.25, 0.3) is 0 Å². The van der Waals surface area contributed by atoms with Crippen LogP contribution in [-0.4, -0.2) is 20.2 Å². The van der Waals surface area contributed by atoms with Crippen molar-refractivity contribution in [2.45, 2.75) is 25.5 Å². The molecule has 0 bridgehead atoms. The van der Waals surface area contributed by atoms with E-state index in [9.17, 15) is 4.21 Å². The minimum Gasteiger partial charge on any atom is -0.435 e. The van der Waals surface area contributed by atoms with Gasteiger partial charge in [0.1, 0.15) is 11.0 Å². The van der Waals surface area contributed by atoms with E-state index in [0.29, 0.717) is 16.7 Å².